The molecule has 1 aromatic heterocycles. The molecule has 0 spiro atoms. The number of halogens is 2. The van der Waals surface area contributed by atoms with Gasteiger partial charge in [0.05, 0.1) is 11.7 Å². The van der Waals surface area contributed by atoms with Crippen molar-refractivity contribution >= 4 is 40.0 Å². The molecule has 8 heteroatoms. The minimum atomic E-state index is -0.282. The van der Waals surface area contributed by atoms with Gasteiger partial charge < -0.3 is 15.5 Å². The predicted octanol–water partition coefficient (Wildman–Crippen LogP) is 5.26. The number of thiocarbonyl (C=S) groups is 1. The first kappa shape index (κ1) is 22.6. The highest BCUT2D eigenvalue weighted by molar-refractivity contribution is 7.80. The van der Waals surface area contributed by atoms with Gasteiger partial charge in [0.2, 0.25) is 0 Å². The molecule has 4 rings (SSSR count). The van der Waals surface area contributed by atoms with Crippen molar-refractivity contribution < 1.29 is 8.78 Å². The molecule has 0 radical (unpaired) electrons. The number of anilines is 2. The Morgan fingerprint density at radius 2 is 1.69 bits per heavy atom. The Hall–Kier alpha value is -2.55. The summed E-state index contributed by atoms with van der Waals surface area (Å²) >= 11 is 7.24. The topological polar surface area (TPSA) is 30.5 Å². The molecule has 1 fully saturated rings. The first-order valence-electron chi connectivity index (χ1n) is 10.6. The van der Waals surface area contributed by atoms with Crippen molar-refractivity contribution in [1.82, 2.24) is 10.2 Å². The zero-order chi connectivity index (χ0) is 22.5. The second-order valence-corrected chi connectivity index (χ2v) is 9.22. The monoisotopic (exact) mass is 472 g/mol. The van der Waals surface area contributed by atoms with Crippen LogP contribution in [0.3, 0.4) is 0 Å². The van der Waals surface area contributed by atoms with Gasteiger partial charge in [-0.15, -0.1) is 11.3 Å². The third-order valence-corrected chi connectivity index (χ3v) is 6.83. The van der Waals surface area contributed by atoms with Crippen LogP contribution >= 0.6 is 23.6 Å². The largest absolute Gasteiger partial charge is 0.367 e. The lowest BCUT2D eigenvalue weighted by Gasteiger charge is -2.42. The normalized spacial score (nSPS) is 16.4. The fourth-order valence-corrected chi connectivity index (χ4v) is 5.41. The van der Waals surface area contributed by atoms with Crippen LogP contribution in [0.1, 0.15) is 17.8 Å². The number of hydrogen-bond donors (Lipinski definition) is 2. The van der Waals surface area contributed by atoms with Crippen molar-refractivity contribution in [2.24, 2.45) is 0 Å². The van der Waals surface area contributed by atoms with Crippen molar-refractivity contribution in [3.63, 3.8) is 0 Å². The summed E-state index contributed by atoms with van der Waals surface area (Å²) in [5, 5.41) is 9.10. The molecule has 4 nitrogen and oxygen atoms in total. The molecule has 0 saturated carbocycles. The zero-order valence-electron chi connectivity index (χ0n) is 17.8. The second kappa shape index (κ2) is 10.4. The standard InChI is InChI=1S/C24H26F2N4S2/c1-17(27-24(31)28-19-10-8-18(25)9-11-19)23(22-7-4-16-32-22)30-14-12-29(13-15-30)21-6-3-2-5-20(21)26/h2-11,16-17,23H,12-15H2,1H3,(H2,27,28,31)/t17-,23-/m0/s1. The molecule has 168 valence electrons. The van der Waals surface area contributed by atoms with Gasteiger partial charge in [0.15, 0.2) is 5.11 Å². The Kier molecular flexibility index (Phi) is 7.34. The molecule has 2 heterocycles. The zero-order valence-corrected chi connectivity index (χ0v) is 19.4. The Labute approximate surface area is 196 Å². The number of piperazine rings is 1. The van der Waals surface area contributed by atoms with E-state index in [4.69, 9.17) is 12.2 Å². The Balaban J connectivity index is 1.42. The van der Waals surface area contributed by atoms with Crippen LogP contribution in [0, 0.1) is 11.6 Å². The lowest BCUT2D eigenvalue weighted by molar-refractivity contribution is 0.163. The fourth-order valence-electron chi connectivity index (χ4n) is 4.14. The summed E-state index contributed by atoms with van der Waals surface area (Å²) in [5.41, 5.74) is 1.40. The van der Waals surface area contributed by atoms with Crippen molar-refractivity contribution in [2.45, 2.75) is 19.0 Å². The second-order valence-electron chi connectivity index (χ2n) is 7.83. The molecule has 1 saturated heterocycles. The van der Waals surface area contributed by atoms with Crippen molar-refractivity contribution in [2.75, 3.05) is 36.4 Å². The molecule has 1 aliphatic rings. The van der Waals surface area contributed by atoms with E-state index < -0.39 is 0 Å². The first-order chi connectivity index (χ1) is 15.5. The number of rotatable bonds is 6. The van der Waals surface area contributed by atoms with Crippen LogP contribution in [0.25, 0.3) is 0 Å². The maximum absolute atomic E-state index is 14.2. The predicted molar refractivity (Wildman–Crippen MR) is 132 cm³/mol. The number of benzene rings is 2. The van der Waals surface area contributed by atoms with Crippen molar-refractivity contribution in [3.8, 4) is 0 Å². The molecule has 1 aliphatic heterocycles. The van der Waals surface area contributed by atoms with Gasteiger partial charge in [-0.3, -0.25) is 4.90 Å². The van der Waals surface area contributed by atoms with E-state index in [-0.39, 0.29) is 23.7 Å². The Bertz CT molecular complexity index is 1020. The third kappa shape index (κ3) is 5.43. The lowest BCUT2D eigenvalue weighted by atomic mass is 10.0. The molecule has 0 unspecified atom stereocenters. The van der Waals surface area contributed by atoms with E-state index in [1.807, 2.05) is 12.1 Å². The first-order valence-corrected chi connectivity index (χ1v) is 11.9. The molecule has 0 bridgehead atoms. The summed E-state index contributed by atoms with van der Waals surface area (Å²) in [6.07, 6.45) is 0. The van der Waals surface area contributed by atoms with E-state index in [9.17, 15) is 8.78 Å². The van der Waals surface area contributed by atoms with Gasteiger partial charge >= 0.3 is 0 Å². The number of thiophene rings is 1. The van der Waals surface area contributed by atoms with Crippen LogP contribution < -0.4 is 15.5 Å². The van der Waals surface area contributed by atoms with Crippen LogP contribution in [0.15, 0.2) is 66.0 Å². The van der Waals surface area contributed by atoms with Crippen LogP contribution in [-0.4, -0.2) is 42.2 Å². The van der Waals surface area contributed by atoms with Crippen molar-refractivity contribution in [3.05, 3.63) is 82.6 Å². The third-order valence-electron chi connectivity index (χ3n) is 5.67. The van der Waals surface area contributed by atoms with E-state index in [2.05, 4.69) is 44.9 Å². The lowest BCUT2D eigenvalue weighted by Crippen LogP contribution is -2.52. The van der Waals surface area contributed by atoms with Gasteiger partial charge in [-0.1, -0.05) is 18.2 Å². The molecule has 2 aromatic carbocycles. The summed E-state index contributed by atoms with van der Waals surface area (Å²) in [6, 6.07) is 17.4. The minimum Gasteiger partial charge on any atom is -0.367 e. The van der Waals surface area contributed by atoms with E-state index >= 15 is 0 Å². The van der Waals surface area contributed by atoms with Gasteiger partial charge in [0.25, 0.3) is 0 Å². The van der Waals surface area contributed by atoms with Gasteiger partial charge in [0.1, 0.15) is 11.6 Å². The van der Waals surface area contributed by atoms with E-state index in [1.165, 1.54) is 23.1 Å². The molecular weight excluding hydrogens is 446 g/mol. The highest BCUT2D eigenvalue weighted by Crippen LogP contribution is 2.30. The summed E-state index contributed by atoms with van der Waals surface area (Å²) in [4.78, 5) is 5.80. The van der Waals surface area contributed by atoms with Crippen LogP contribution in [0.4, 0.5) is 20.2 Å². The molecule has 3 aromatic rings. The number of para-hydroxylation sites is 1. The molecule has 0 amide bonds. The van der Waals surface area contributed by atoms with Gasteiger partial charge in [-0.05, 0) is 67.0 Å². The summed E-state index contributed by atoms with van der Waals surface area (Å²) in [7, 11) is 0. The quantitative estimate of drug-likeness (QED) is 0.478. The highest BCUT2D eigenvalue weighted by Gasteiger charge is 2.31. The average molecular weight is 473 g/mol. The van der Waals surface area contributed by atoms with Gasteiger partial charge in [0, 0.05) is 42.8 Å². The molecule has 0 aliphatic carbocycles. The summed E-state index contributed by atoms with van der Waals surface area (Å²) < 4.78 is 27.4. The van der Waals surface area contributed by atoms with E-state index in [0.29, 0.717) is 10.8 Å². The van der Waals surface area contributed by atoms with Gasteiger partial charge in [-0.25, -0.2) is 8.78 Å². The average Bonchev–Trinajstić information content (AvgIpc) is 3.31. The summed E-state index contributed by atoms with van der Waals surface area (Å²) in [6.45, 7) is 5.27. The molecule has 32 heavy (non-hydrogen) atoms. The van der Waals surface area contributed by atoms with E-state index in [1.54, 1.807) is 29.5 Å². The molecule has 2 N–H and O–H groups in total. The van der Waals surface area contributed by atoms with Gasteiger partial charge in [-0.2, -0.15) is 0 Å². The van der Waals surface area contributed by atoms with Crippen LogP contribution in [0.5, 0.6) is 0 Å². The molecular formula is C24H26F2N4S2. The minimum absolute atomic E-state index is 0.0362. The number of hydrogen-bond acceptors (Lipinski definition) is 4. The van der Waals surface area contributed by atoms with Crippen LogP contribution in [-0.2, 0) is 0 Å². The maximum Gasteiger partial charge on any atom is 0.171 e. The SMILES string of the molecule is C[C@H](NC(=S)Nc1ccc(F)cc1)[C@@H](c1cccs1)N1CCN(c2ccccc2F)CC1. The van der Waals surface area contributed by atoms with E-state index in [0.717, 1.165) is 31.9 Å². The number of nitrogens with zero attached hydrogens (tertiary/aromatic N) is 2. The number of nitrogens with one attached hydrogen (secondary N) is 2. The van der Waals surface area contributed by atoms with Crippen LogP contribution in [0.2, 0.25) is 0 Å². The molecule has 2 atom stereocenters. The fraction of sp³-hybridized carbons (Fsp3) is 0.292. The smallest absolute Gasteiger partial charge is 0.171 e. The summed E-state index contributed by atoms with van der Waals surface area (Å²) in [5.74, 6) is -0.460. The Morgan fingerprint density at radius 3 is 2.34 bits per heavy atom. The van der Waals surface area contributed by atoms with Crippen molar-refractivity contribution in [1.29, 1.82) is 0 Å². The highest BCUT2D eigenvalue weighted by atomic mass is 32.1. The Morgan fingerprint density at radius 1 is 0.969 bits per heavy atom. The maximum atomic E-state index is 14.2.